The number of aromatic nitrogens is 2. The molecule has 2 aliphatic heterocycles. The normalized spacial score (nSPS) is 18.9. The number of hydrogen-bond acceptors (Lipinski definition) is 6. The Kier molecular flexibility index (Phi) is 6.46. The summed E-state index contributed by atoms with van der Waals surface area (Å²) < 4.78 is 5.78. The summed E-state index contributed by atoms with van der Waals surface area (Å²) in [6.07, 6.45) is 3.95. The van der Waals surface area contributed by atoms with Crippen LogP contribution in [-0.2, 0) is 9.59 Å². The fourth-order valence-corrected chi connectivity index (χ4v) is 5.22. The highest BCUT2D eigenvalue weighted by atomic mass is 16.5. The molecule has 0 spiro atoms. The second-order valence-electron chi connectivity index (χ2n) is 10.4. The number of likely N-dealkylation sites (N-methyl/N-ethyl adjacent to an activating group) is 1. The number of ether oxygens (including phenoxy) is 1. The minimum atomic E-state index is 0.0316. The lowest BCUT2D eigenvalue weighted by molar-refractivity contribution is -0.135. The van der Waals surface area contributed by atoms with E-state index in [9.17, 15) is 9.59 Å². The number of H-pyrrole nitrogens is 1. The van der Waals surface area contributed by atoms with E-state index < -0.39 is 0 Å². The number of hydrogen-bond donors (Lipinski definition) is 1. The van der Waals surface area contributed by atoms with Crippen LogP contribution in [0.3, 0.4) is 0 Å². The highest BCUT2D eigenvalue weighted by molar-refractivity contribution is 5.94. The molecule has 1 saturated carbocycles. The van der Waals surface area contributed by atoms with Crippen LogP contribution in [0.5, 0.6) is 5.75 Å². The van der Waals surface area contributed by atoms with Gasteiger partial charge in [-0.15, -0.1) is 0 Å². The van der Waals surface area contributed by atoms with Crippen molar-refractivity contribution in [1.29, 1.82) is 0 Å². The van der Waals surface area contributed by atoms with Crippen molar-refractivity contribution in [2.24, 2.45) is 5.92 Å². The van der Waals surface area contributed by atoms with Crippen LogP contribution in [0.25, 0.3) is 22.3 Å². The Labute approximate surface area is 217 Å². The van der Waals surface area contributed by atoms with Crippen LogP contribution >= 0.6 is 0 Å². The number of nitrogens with zero attached hydrogens (tertiary/aromatic N) is 5. The van der Waals surface area contributed by atoms with Gasteiger partial charge in [-0.05, 0) is 61.9 Å². The minimum Gasteiger partial charge on any atom is -0.484 e. The molecule has 0 unspecified atom stereocenters. The molecule has 1 N–H and O–H groups in total. The molecule has 2 saturated heterocycles. The van der Waals surface area contributed by atoms with Crippen molar-refractivity contribution in [3.05, 3.63) is 42.6 Å². The number of anilines is 1. The average molecular weight is 503 g/mol. The van der Waals surface area contributed by atoms with Gasteiger partial charge in [-0.3, -0.25) is 9.59 Å². The van der Waals surface area contributed by atoms with Gasteiger partial charge in [0.15, 0.2) is 6.61 Å². The van der Waals surface area contributed by atoms with Crippen LogP contribution in [0.15, 0.2) is 42.6 Å². The Hall–Kier alpha value is -3.59. The van der Waals surface area contributed by atoms with E-state index >= 15 is 0 Å². The maximum absolute atomic E-state index is 12.5. The van der Waals surface area contributed by atoms with Crippen LogP contribution in [0, 0.1) is 5.92 Å². The molecule has 0 bridgehead atoms. The summed E-state index contributed by atoms with van der Waals surface area (Å²) in [5.74, 6) is 1.32. The second-order valence-corrected chi connectivity index (χ2v) is 10.4. The molecule has 2 aromatic heterocycles. The number of aromatic amines is 1. The van der Waals surface area contributed by atoms with E-state index in [1.54, 1.807) is 0 Å². The monoisotopic (exact) mass is 502 g/mol. The van der Waals surface area contributed by atoms with Crippen LogP contribution in [0.1, 0.15) is 12.8 Å². The quantitative estimate of drug-likeness (QED) is 0.558. The zero-order valence-corrected chi connectivity index (χ0v) is 21.4. The highest BCUT2D eigenvalue weighted by Gasteiger charge is 2.34. The van der Waals surface area contributed by atoms with Gasteiger partial charge in [0, 0.05) is 81.2 Å². The molecule has 0 radical (unpaired) electrons. The fraction of sp³-hybridized carbons (Fsp3) is 0.464. The zero-order valence-electron chi connectivity index (χ0n) is 21.4. The summed E-state index contributed by atoms with van der Waals surface area (Å²) in [4.78, 5) is 41.4. The van der Waals surface area contributed by atoms with Gasteiger partial charge in [0.1, 0.15) is 11.4 Å². The third-order valence-corrected chi connectivity index (χ3v) is 7.75. The Balaban J connectivity index is 1.10. The lowest BCUT2D eigenvalue weighted by Gasteiger charge is -2.36. The Bertz CT molecular complexity index is 1270. The first-order valence-corrected chi connectivity index (χ1v) is 13.3. The molecule has 194 valence electrons. The molecular formula is C28H34N6O3. The SMILES string of the molecule is CN1CCN(C(=O)COc2ccc(-c3cc4c(N5CCN(C(=O)C6CC6)CC5)ccnc4[nH]3)cc2)CC1. The standard InChI is InChI=1S/C28H34N6O3/c1-31-10-12-33(13-11-31)26(35)19-37-22-6-4-20(5-7-22)24-18-23-25(8-9-29-27(23)30-24)32-14-16-34(17-15-32)28(36)21-2-3-21/h4-9,18,21H,2-3,10-17,19H2,1H3,(H,29,30). The zero-order chi connectivity index (χ0) is 25.4. The number of piperazine rings is 2. The molecule has 2 amide bonds. The highest BCUT2D eigenvalue weighted by Crippen LogP contribution is 2.33. The number of carbonyl (C=O) groups is 2. The summed E-state index contributed by atoms with van der Waals surface area (Å²) in [5, 5.41) is 1.08. The number of benzene rings is 1. The van der Waals surface area contributed by atoms with Crippen molar-refractivity contribution < 1.29 is 14.3 Å². The van der Waals surface area contributed by atoms with Crippen LogP contribution in [-0.4, -0.2) is 102 Å². The largest absolute Gasteiger partial charge is 0.484 e. The first-order chi connectivity index (χ1) is 18.0. The summed E-state index contributed by atoms with van der Waals surface area (Å²) in [6, 6.07) is 12.0. The second kappa shape index (κ2) is 10.0. The van der Waals surface area contributed by atoms with E-state index in [2.05, 4.69) is 38.9 Å². The molecule has 3 aromatic rings. The first-order valence-electron chi connectivity index (χ1n) is 13.3. The van der Waals surface area contributed by atoms with Gasteiger partial charge in [0.25, 0.3) is 5.91 Å². The summed E-state index contributed by atoms with van der Waals surface area (Å²) in [7, 11) is 2.07. The molecule has 9 nitrogen and oxygen atoms in total. The average Bonchev–Trinajstić information content (AvgIpc) is 3.70. The topological polar surface area (TPSA) is 85.0 Å². The van der Waals surface area contributed by atoms with E-state index in [1.807, 2.05) is 40.3 Å². The maximum atomic E-state index is 12.5. The Morgan fingerprint density at radius 3 is 2.35 bits per heavy atom. The molecule has 1 aromatic carbocycles. The molecule has 1 aliphatic carbocycles. The summed E-state index contributed by atoms with van der Waals surface area (Å²) >= 11 is 0. The number of nitrogens with one attached hydrogen (secondary N) is 1. The number of carbonyl (C=O) groups excluding carboxylic acids is 2. The molecule has 3 fully saturated rings. The number of rotatable bonds is 6. The van der Waals surface area contributed by atoms with E-state index in [1.165, 1.54) is 0 Å². The van der Waals surface area contributed by atoms with Gasteiger partial charge in [-0.1, -0.05) is 0 Å². The predicted molar refractivity (Wildman–Crippen MR) is 143 cm³/mol. The van der Waals surface area contributed by atoms with Crippen molar-refractivity contribution in [1.82, 2.24) is 24.7 Å². The maximum Gasteiger partial charge on any atom is 0.260 e. The van der Waals surface area contributed by atoms with E-state index in [0.29, 0.717) is 11.7 Å². The van der Waals surface area contributed by atoms with Gasteiger partial charge in [0.05, 0.1) is 0 Å². The summed E-state index contributed by atoms with van der Waals surface area (Å²) in [6.45, 7) is 6.57. The lowest BCUT2D eigenvalue weighted by Crippen LogP contribution is -2.49. The van der Waals surface area contributed by atoms with E-state index in [4.69, 9.17) is 4.74 Å². The first kappa shape index (κ1) is 23.8. The molecule has 37 heavy (non-hydrogen) atoms. The van der Waals surface area contributed by atoms with Gasteiger partial charge in [-0.25, -0.2) is 4.98 Å². The Morgan fingerprint density at radius 2 is 1.65 bits per heavy atom. The molecule has 9 heteroatoms. The van der Waals surface area contributed by atoms with Crippen LogP contribution < -0.4 is 9.64 Å². The Morgan fingerprint density at radius 1 is 0.946 bits per heavy atom. The van der Waals surface area contributed by atoms with Crippen LogP contribution in [0.4, 0.5) is 5.69 Å². The van der Waals surface area contributed by atoms with Crippen molar-refractivity contribution in [3.63, 3.8) is 0 Å². The molecular weight excluding hydrogens is 468 g/mol. The predicted octanol–water partition coefficient (Wildman–Crippen LogP) is 2.44. The van der Waals surface area contributed by atoms with Gasteiger partial charge >= 0.3 is 0 Å². The summed E-state index contributed by atoms with van der Waals surface area (Å²) in [5.41, 5.74) is 4.01. The third kappa shape index (κ3) is 5.13. The van der Waals surface area contributed by atoms with Gasteiger partial charge in [-0.2, -0.15) is 0 Å². The van der Waals surface area contributed by atoms with Gasteiger partial charge in [0.2, 0.25) is 5.91 Å². The van der Waals surface area contributed by atoms with Crippen molar-refractivity contribution in [2.75, 3.05) is 70.9 Å². The fourth-order valence-electron chi connectivity index (χ4n) is 5.22. The van der Waals surface area contributed by atoms with E-state index in [-0.39, 0.29) is 18.4 Å². The number of amides is 2. The molecule has 0 atom stereocenters. The lowest BCUT2D eigenvalue weighted by atomic mass is 10.1. The van der Waals surface area contributed by atoms with E-state index in [0.717, 1.165) is 93.2 Å². The molecule has 6 rings (SSSR count). The molecule has 3 aliphatic rings. The van der Waals surface area contributed by atoms with Crippen molar-refractivity contribution >= 4 is 28.5 Å². The smallest absolute Gasteiger partial charge is 0.260 e. The third-order valence-electron chi connectivity index (χ3n) is 7.75. The van der Waals surface area contributed by atoms with Crippen molar-refractivity contribution in [2.45, 2.75) is 12.8 Å². The number of fused-ring (bicyclic) bond motifs is 1. The van der Waals surface area contributed by atoms with Gasteiger partial charge < -0.3 is 29.3 Å². The van der Waals surface area contributed by atoms with Crippen LogP contribution in [0.2, 0.25) is 0 Å². The minimum absolute atomic E-state index is 0.0316. The number of pyridine rings is 1. The molecule has 4 heterocycles. The van der Waals surface area contributed by atoms with Crippen molar-refractivity contribution in [3.8, 4) is 17.0 Å².